The maximum Gasteiger partial charge on any atom is 0.407 e. The van der Waals surface area contributed by atoms with Gasteiger partial charge in [-0.2, -0.15) is 0 Å². The zero-order valence-electron chi connectivity index (χ0n) is 12.9. The van der Waals surface area contributed by atoms with Crippen LogP contribution in [0.5, 0.6) is 0 Å². The SMILES string of the molecule is O=C(NCCC#Cc1cccnc1C(=O)O)OCc1ccccc1. The highest BCUT2D eigenvalue weighted by molar-refractivity contribution is 5.88. The summed E-state index contributed by atoms with van der Waals surface area (Å²) in [7, 11) is 0. The molecule has 0 aliphatic heterocycles. The minimum atomic E-state index is -1.12. The number of ether oxygens (including phenoxy) is 1. The Morgan fingerprint density at radius 2 is 1.96 bits per heavy atom. The lowest BCUT2D eigenvalue weighted by Gasteiger charge is -2.05. The molecular weight excluding hydrogens is 308 g/mol. The van der Waals surface area contributed by atoms with Crippen molar-refractivity contribution < 1.29 is 19.4 Å². The molecule has 1 heterocycles. The van der Waals surface area contributed by atoms with Gasteiger partial charge in [0.15, 0.2) is 5.69 Å². The van der Waals surface area contributed by atoms with Gasteiger partial charge in [0.25, 0.3) is 0 Å². The number of hydrogen-bond acceptors (Lipinski definition) is 4. The number of carboxylic acids is 1. The number of hydrogen-bond donors (Lipinski definition) is 2. The summed E-state index contributed by atoms with van der Waals surface area (Å²) < 4.78 is 5.06. The minimum Gasteiger partial charge on any atom is -0.476 e. The van der Waals surface area contributed by atoms with Crippen LogP contribution < -0.4 is 5.32 Å². The molecule has 0 aliphatic rings. The van der Waals surface area contributed by atoms with Crippen LogP contribution in [0.25, 0.3) is 0 Å². The molecule has 0 saturated heterocycles. The van der Waals surface area contributed by atoms with Crippen LogP contribution >= 0.6 is 0 Å². The highest BCUT2D eigenvalue weighted by atomic mass is 16.5. The predicted octanol–water partition coefficient (Wildman–Crippen LogP) is 2.45. The lowest BCUT2D eigenvalue weighted by molar-refractivity contribution is 0.0690. The molecule has 2 aromatic rings. The van der Waals surface area contributed by atoms with Gasteiger partial charge in [-0.3, -0.25) is 0 Å². The third kappa shape index (κ3) is 5.46. The van der Waals surface area contributed by atoms with Gasteiger partial charge in [0.2, 0.25) is 0 Å². The first-order valence-corrected chi connectivity index (χ1v) is 7.28. The van der Waals surface area contributed by atoms with E-state index in [1.807, 2.05) is 30.3 Å². The van der Waals surface area contributed by atoms with E-state index in [1.165, 1.54) is 6.20 Å². The Morgan fingerprint density at radius 1 is 1.17 bits per heavy atom. The molecule has 24 heavy (non-hydrogen) atoms. The average Bonchev–Trinajstić information content (AvgIpc) is 2.61. The second-order valence-electron chi connectivity index (χ2n) is 4.75. The first-order chi connectivity index (χ1) is 11.7. The maximum absolute atomic E-state index is 11.5. The first kappa shape index (κ1) is 17.0. The fraction of sp³-hybridized carbons (Fsp3) is 0.167. The number of amides is 1. The molecule has 6 heteroatoms. The van der Waals surface area contributed by atoms with Crippen molar-refractivity contribution in [2.75, 3.05) is 6.54 Å². The largest absolute Gasteiger partial charge is 0.476 e. The van der Waals surface area contributed by atoms with Gasteiger partial charge in [0.05, 0.1) is 5.56 Å². The third-order valence-corrected chi connectivity index (χ3v) is 2.97. The molecule has 1 aromatic heterocycles. The van der Waals surface area contributed by atoms with Crippen LogP contribution in [0.2, 0.25) is 0 Å². The van der Waals surface area contributed by atoms with Crippen molar-refractivity contribution in [3.8, 4) is 11.8 Å². The first-order valence-electron chi connectivity index (χ1n) is 7.28. The lowest BCUT2D eigenvalue weighted by atomic mass is 10.2. The summed E-state index contributed by atoms with van der Waals surface area (Å²) in [5.74, 6) is 4.42. The predicted molar refractivity (Wildman–Crippen MR) is 87.3 cm³/mol. The van der Waals surface area contributed by atoms with Gasteiger partial charge in [-0.05, 0) is 17.7 Å². The van der Waals surface area contributed by atoms with E-state index in [-0.39, 0.29) is 12.3 Å². The smallest absolute Gasteiger partial charge is 0.407 e. The molecule has 1 amide bonds. The van der Waals surface area contributed by atoms with E-state index in [9.17, 15) is 9.59 Å². The van der Waals surface area contributed by atoms with Gasteiger partial charge in [-0.1, -0.05) is 42.2 Å². The molecule has 6 nitrogen and oxygen atoms in total. The number of nitrogens with zero attached hydrogens (tertiary/aromatic N) is 1. The number of nitrogens with one attached hydrogen (secondary N) is 1. The molecule has 2 rings (SSSR count). The second-order valence-corrected chi connectivity index (χ2v) is 4.75. The van der Waals surface area contributed by atoms with Crippen molar-refractivity contribution >= 4 is 12.1 Å². The van der Waals surface area contributed by atoms with Crippen molar-refractivity contribution in [1.82, 2.24) is 10.3 Å². The van der Waals surface area contributed by atoms with Crippen molar-refractivity contribution in [1.29, 1.82) is 0 Å². The van der Waals surface area contributed by atoms with Gasteiger partial charge in [0.1, 0.15) is 6.61 Å². The Kier molecular flexibility index (Phi) is 6.35. The molecule has 0 radical (unpaired) electrons. The van der Waals surface area contributed by atoms with Crippen LogP contribution in [0.4, 0.5) is 4.79 Å². The second kappa shape index (κ2) is 8.96. The monoisotopic (exact) mass is 324 g/mol. The Balaban J connectivity index is 1.74. The fourth-order valence-electron chi connectivity index (χ4n) is 1.84. The Bertz CT molecular complexity index is 763. The quantitative estimate of drug-likeness (QED) is 0.651. The van der Waals surface area contributed by atoms with E-state index in [1.54, 1.807) is 12.1 Å². The van der Waals surface area contributed by atoms with Crippen LogP contribution in [0, 0.1) is 11.8 Å². The molecule has 0 unspecified atom stereocenters. The third-order valence-electron chi connectivity index (χ3n) is 2.97. The maximum atomic E-state index is 11.5. The molecule has 0 aliphatic carbocycles. The number of aromatic nitrogens is 1. The van der Waals surface area contributed by atoms with Crippen LogP contribution in [-0.2, 0) is 11.3 Å². The van der Waals surface area contributed by atoms with Gasteiger partial charge in [0, 0.05) is 19.2 Å². The molecule has 0 bridgehead atoms. The average molecular weight is 324 g/mol. The van der Waals surface area contributed by atoms with E-state index in [0.717, 1.165) is 5.56 Å². The molecule has 1 aromatic carbocycles. The highest BCUT2D eigenvalue weighted by Crippen LogP contribution is 2.03. The van der Waals surface area contributed by atoms with Crippen LogP contribution in [0.15, 0.2) is 48.7 Å². The molecule has 0 fully saturated rings. The van der Waals surface area contributed by atoms with Crippen LogP contribution in [-0.4, -0.2) is 28.7 Å². The number of alkyl carbamates (subject to hydrolysis) is 1. The van der Waals surface area contributed by atoms with Crippen LogP contribution in [0.3, 0.4) is 0 Å². The Labute approximate surface area is 139 Å². The summed E-state index contributed by atoms with van der Waals surface area (Å²) in [5.41, 5.74) is 1.17. The fourth-order valence-corrected chi connectivity index (χ4v) is 1.84. The van der Waals surface area contributed by atoms with E-state index in [4.69, 9.17) is 9.84 Å². The lowest BCUT2D eigenvalue weighted by Crippen LogP contribution is -2.24. The summed E-state index contributed by atoms with van der Waals surface area (Å²) in [4.78, 5) is 26.3. The van der Waals surface area contributed by atoms with Crippen molar-refractivity contribution in [3.63, 3.8) is 0 Å². The molecule has 0 spiro atoms. The van der Waals surface area contributed by atoms with Crippen LogP contribution in [0.1, 0.15) is 28.0 Å². The van der Waals surface area contributed by atoms with E-state index < -0.39 is 12.1 Å². The number of carboxylic acid groups (broad SMARTS) is 1. The van der Waals surface area contributed by atoms with E-state index >= 15 is 0 Å². The number of carbonyl (C=O) groups excluding carboxylic acids is 1. The van der Waals surface area contributed by atoms with Gasteiger partial charge in [-0.25, -0.2) is 14.6 Å². The number of benzene rings is 1. The number of carbonyl (C=O) groups is 2. The summed E-state index contributed by atoms with van der Waals surface area (Å²) in [6, 6.07) is 12.6. The molecule has 122 valence electrons. The molecule has 2 N–H and O–H groups in total. The Hall–Kier alpha value is -3.33. The van der Waals surface area contributed by atoms with Crippen molar-refractivity contribution in [2.24, 2.45) is 0 Å². The standard InChI is InChI=1S/C18H16N2O4/c21-17(22)16-15(10-6-12-19-16)9-4-5-11-20-18(23)24-13-14-7-2-1-3-8-14/h1-3,6-8,10,12H,5,11,13H2,(H,20,23)(H,21,22). The van der Waals surface area contributed by atoms with Gasteiger partial charge < -0.3 is 15.2 Å². The Morgan fingerprint density at radius 3 is 2.71 bits per heavy atom. The van der Waals surface area contributed by atoms with Gasteiger partial charge in [-0.15, -0.1) is 0 Å². The number of rotatable bonds is 5. The topological polar surface area (TPSA) is 88.5 Å². The summed E-state index contributed by atoms with van der Waals surface area (Å²) in [5, 5.41) is 11.6. The molecule has 0 saturated carbocycles. The summed E-state index contributed by atoms with van der Waals surface area (Å²) >= 11 is 0. The van der Waals surface area contributed by atoms with Crippen molar-refractivity contribution in [3.05, 3.63) is 65.5 Å². The molecular formula is C18H16N2O4. The number of aromatic carboxylic acids is 1. The van der Waals surface area contributed by atoms with Gasteiger partial charge >= 0.3 is 12.1 Å². The van der Waals surface area contributed by atoms with E-state index in [2.05, 4.69) is 22.1 Å². The molecule has 0 atom stereocenters. The zero-order valence-corrected chi connectivity index (χ0v) is 12.9. The zero-order chi connectivity index (χ0) is 17.2. The minimum absolute atomic E-state index is 0.0831. The summed E-state index contributed by atoms with van der Waals surface area (Å²) in [6.07, 6.45) is 1.25. The van der Waals surface area contributed by atoms with Crippen molar-refractivity contribution in [2.45, 2.75) is 13.0 Å². The highest BCUT2D eigenvalue weighted by Gasteiger charge is 2.08. The normalized spacial score (nSPS) is 9.50. The summed E-state index contributed by atoms with van der Waals surface area (Å²) in [6.45, 7) is 0.513. The van der Waals surface area contributed by atoms with E-state index in [0.29, 0.717) is 18.5 Å². The number of pyridine rings is 1.